The Morgan fingerprint density at radius 1 is 0.500 bits per heavy atom. The predicted molar refractivity (Wildman–Crippen MR) is 190 cm³/mol. The van der Waals surface area contributed by atoms with Crippen LogP contribution in [0.15, 0.2) is 132 Å². The fourth-order valence-corrected chi connectivity index (χ4v) is 8.65. The SMILES string of the molecule is CCC(C)(C1C(C)=Cc2c(-c3ccc4ccccc4c3)cccc21)C1C(C)=Cc2c(-c3ccc4ccccc4c3)cccc21. The molecule has 0 spiro atoms. The number of hydrogen-bond donors (Lipinski definition) is 0. The van der Waals surface area contributed by atoms with E-state index in [-0.39, 0.29) is 5.41 Å². The molecule has 44 heavy (non-hydrogen) atoms. The summed E-state index contributed by atoms with van der Waals surface area (Å²) in [5.74, 6) is 0.707. The summed E-state index contributed by atoms with van der Waals surface area (Å²) in [5.41, 5.74) is 14.0. The molecule has 0 saturated heterocycles. The Bertz CT molecular complexity index is 2000. The number of allylic oxidation sites excluding steroid dienone is 2. The van der Waals surface area contributed by atoms with E-state index in [0.717, 1.165) is 6.42 Å². The first-order valence-electron chi connectivity index (χ1n) is 16.1. The van der Waals surface area contributed by atoms with Crippen LogP contribution in [0, 0.1) is 5.41 Å². The second-order valence-electron chi connectivity index (χ2n) is 13.2. The third-order valence-corrected chi connectivity index (χ3v) is 10.8. The van der Waals surface area contributed by atoms with E-state index >= 15 is 0 Å². The van der Waals surface area contributed by atoms with Crippen molar-refractivity contribution in [2.24, 2.45) is 5.41 Å². The summed E-state index contributed by atoms with van der Waals surface area (Å²) >= 11 is 0. The maximum atomic E-state index is 2.55. The van der Waals surface area contributed by atoms with Crippen molar-refractivity contribution in [3.05, 3.63) is 155 Å². The zero-order valence-electron chi connectivity index (χ0n) is 26.1. The van der Waals surface area contributed by atoms with Gasteiger partial charge in [0.05, 0.1) is 0 Å². The molecule has 0 heteroatoms. The van der Waals surface area contributed by atoms with E-state index in [1.54, 1.807) is 0 Å². The maximum Gasteiger partial charge on any atom is 0.0118 e. The van der Waals surface area contributed by atoms with E-state index in [1.807, 2.05) is 0 Å². The summed E-state index contributed by atoms with van der Waals surface area (Å²) in [5, 5.41) is 5.16. The van der Waals surface area contributed by atoms with Gasteiger partial charge in [-0.05, 0) is 104 Å². The molecule has 214 valence electrons. The minimum Gasteiger partial charge on any atom is -0.0648 e. The summed E-state index contributed by atoms with van der Waals surface area (Å²) < 4.78 is 0. The van der Waals surface area contributed by atoms with Crippen molar-refractivity contribution in [1.82, 2.24) is 0 Å². The summed E-state index contributed by atoms with van der Waals surface area (Å²) in [7, 11) is 0. The fraction of sp³-hybridized carbons (Fsp3) is 0.182. The second-order valence-corrected chi connectivity index (χ2v) is 13.2. The Labute approximate surface area is 261 Å². The van der Waals surface area contributed by atoms with Crippen LogP contribution in [0.5, 0.6) is 0 Å². The minimum absolute atomic E-state index is 0.0294. The zero-order chi connectivity index (χ0) is 30.0. The standard InChI is InChI=1S/C44H38/c1-5-44(4,42-28(2)24-40-36(16-10-18-38(40)42)34-22-20-30-12-6-8-14-32(30)26-34)43-29(3)25-41-37(17-11-19-39(41)43)35-23-21-31-13-7-9-15-33(31)27-35/h6-27,42-43H,5H2,1-4H3. The summed E-state index contributed by atoms with van der Waals surface area (Å²) in [6.45, 7) is 9.68. The van der Waals surface area contributed by atoms with Gasteiger partial charge in [0, 0.05) is 11.8 Å². The molecule has 2 aliphatic rings. The average molecular weight is 567 g/mol. The molecule has 0 N–H and O–H groups in total. The van der Waals surface area contributed by atoms with Crippen molar-refractivity contribution in [2.45, 2.75) is 46.0 Å². The van der Waals surface area contributed by atoms with E-state index in [2.05, 4.69) is 161 Å². The van der Waals surface area contributed by atoms with Crippen molar-refractivity contribution in [2.75, 3.05) is 0 Å². The van der Waals surface area contributed by atoms with Crippen molar-refractivity contribution >= 4 is 33.7 Å². The monoisotopic (exact) mass is 566 g/mol. The summed E-state index contributed by atoms with van der Waals surface area (Å²) in [6, 6.07) is 45.1. The fourth-order valence-electron chi connectivity index (χ4n) is 8.65. The van der Waals surface area contributed by atoms with Gasteiger partial charge in [0.15, 0.2) is 0 Å². The highest BCUT2D eigenvalue weighted by Crippen LogP contribution is 2.61. The maximum absolute atomic E-state index is 2.55. The van der Waals surface area contributed by atoms with Crippen LogP contribution in [0.25, 0.3) is 56.0 Å². The van der Waals surface area contributed by atoms with Gasteiger partial charge in [-0.3, -0.25) is 0 Å². The Morgan fingerprint density at radius 2 is 0.932 bits per heavy atom. The van der Waals surface area contributed by atoms with Gasteiger partial charge < -0.3 is 0 Å². The lowest BCUT2D eigenvalue weighted by molar-refractivity contribution is 0.231. The predicted octanol–water partition coefficient (Wildman–Crippen LogP) is 12.4. The topological polar surface area (TPSA) is 0 Å². The summed E-state index contributed by atoms with van der Waals surface area (Å²) in [6.07, 6.45) is 6.07. The molecule has 0 fully saturated rings. The highest BCUT2D eigenvalue weighted by atomic mass is 14.5. The Kier molecular flexibility index (Phi) is 6.24. The lowest BCUT2D eigenvalue weighted by Gasteiger charge is -2.43. The molecule has 0 saturated carbocycles. The molecule has 2 unspecified atom stereocenters. The average Bonchev–Trinajstić information content (AvgIpc) is 3.59. The highest BCUT2D eigenvalue weighted by Gasteiger charge is 2.47. The Balaban J connectivity index is 1.23. The first-order valence-corrected chi connectivity index (χ1v) is 16.1. The van der Waals surface area contributed by atoms with Crippen LogP contribution in [-0.2, 0) is 0 Å². The quantitative estimate of drug-likeness (QED) is 0.195. The molecule has 0 bridgehead atoms. The molecule has 0 amide bonds. The van der Waals surface area contributed by atoms with E-state index in [9.17, 15) is 0 Å². The number of benzene rings is 6. The molecular formula is C44H38. The van der Waals surface area contributed by atoms with E-state index in [1.165, 1.54) is 77.2 Å². The molecule has 2 aliphatic carbocycles. The molecule has 0 heterocycles. The number of rotatable bonds is 5. The van der Waals surface area contributed by atoms with Gasteiger partial charge in [-0.2, -0.15) is 0 Å². The molecule has 6 aromatic rings. The molecule has 0 radical (unpaired) electrons. The smallest absolute Gasteiger partial charge is 0.0118 e. The molecular weight excluding hydrogens is 528 g/mol. The first-order chi connectivity index (χ1) is 21.5. The van der Waals surface area contributed by atoms with Gasteiger partial charge >= 0.3 is 0 Å². The van der Waals surface area contributed by atoms with Gasteiger partial charge in [0.2, 0.25) is 0 Å². The van der Waals surface area contributed by atoms with Crippen LogP contribution in [0.1, 0.15) is 68.2 Å². The van der Waals surface area contributed by atoms with Crippen LogP contribution in [0.4, 0.5) is 0 Å². The molecule has 2 atom stereocenters. The van der Waals surface area contributed by atoms with E-state index in [4.69, 9.17) is 0 Å². The Hall–Kier alpha value is -4.68. The van der Waals surface area contributed by atoms with Crippen LogP contribution >= 0.6 is 0 Å². The van der Waals surface area contributed by atoms with Crippen LogP contribution in [-0.4, -0.2) is 0 Å². The molecule has 0 nitrogen and oxygen atoms in total. The minimum atomic E-state index is 0.0294. The van der Waals surface area contributed by atoms with Gasteiger partial charge in [-0.15, -0.1) is 0 Å². The van der Waals surface area contributed by atoms with Gasteiger partial charge in [0.1, 0.15) is 0 Å². The molecule has 8 rings (SSSR count). The zero-order valence-corrected chi connectivity index (χ0v) is 26.1. The van der Waals surface area contributed by atoms with Crippen molar-refractivity contribution in [1.29, 1.82) is 0 Å². The normalized spacial score (nSPS) is 18.5. The van der Waals surface area contributed by atoms with E-state index in [0.29, 0.717) is 11.8 Å². The van der Waals surface area contributed by atoms with Gasteiger partial charge in [-0.1, -0.05) is 146 Å². The number of hydrogen-bond acceptors (Lipinski definition) is 0. The highest BCUT2D eigenvalue weighted by molar-refractivity contribution is 5.92. The third kappa shape index (κ3) is 4.05. The van der Waals surface area contributed by atoms with Crippen LogP contribution < -0.4 is 0 Å². The van der Waals surface area contributed by atoms with Crippen molar-refractivity contribution < 1.29 is 0 Å². The largest absolute Gasteiger partial charge is 0.0648 e. The third-order valence-electron chi connectivity index (χ3n) is 10.8. The van der Waals surface area contributed by atoms with Crippen LogP contribution in [0.2, 0.25) is 0 Å². The number of fused-ring (bicyclic) bond motifs is 4. The lowest BCUT2D eigenvalue weighted by atomic mass is 9.60. The van der Waals surface area contributed by atoms with Crippen molar-refractivity contribution in [3.8, 4) is 22.3 Å². The molecule has 0 aliphatic heterocycles. The van der Waals surface area contributed by atoms with Gasteiger partial charge in [0.25, 0.3) is 0 Å². The van der Waals surface area contributed by atoms with Crippen LogP contribution in [0.3, 0.4) is 0 Å². The summed E-state index contributed by atoms with van der Waals surface area (Å²) in [4.78, 5) is 0. The van der Waals surface area contributed by atoms with E-state index < -0.39 is 0 Å². The Morgan fingerprint density at radius 3 is 1.36 bits per heavy atom. The molecule has 6 aromatic carbocycles. The van der Waals surface area contributed by atoms with Crippen molar-refractivity contribution in [3.63, 3.8) is 0 Å². The lowest BCUT2D eigenvalue weighted by Crippen LogP contribution is -2.32. The first kappa shape index (κ1) is 26.9. The van der Waals surface area contributed by atoms with Gasteiger partial charge in [-0.25, -0.2) is 0 Å². The molecule has 0 aromatic heterocycles. The second kappa shape index (κ2) is 10.2.